The number of rotatable bonds is 3. The van der Waals surface area contributed by atoms with Crippen molar-refractivity contribution in [1.29, 1.82) is 0 Å². The highest BCUT2D eigenvalue weighted by molar-refractivity contribution is 6.05. The number of fused-ring (bicyclic) bond motifs is 3. The molecule has 0 atom stereocenters. The first-order chi connectivity index (χ1) is 18.1. The Morgan fingerprint density at radius 1 is 0.769 bits per heavy atom. The minimum atomic E-state index is -3.44. The van der Waals surface area contributed by atoms with E-state index < -0.39 is 50.3 Å². The number of hydrogen-bond acceptors (Lipinski definition) is 1. The van der Waals surface area contributed by atoms with Gasteiger partial charge in [0.1, 0.15) is 11.2 Å². The Morgan fingerprint density at radius 3 is 2.12 bits per heavy atom. The highest BCUT2D eigenvalue weighted by Crippen LogP contribution is 2.36. The van der Waals surface area contributed by atoms with Gasteiger partial charge in [0.25, 0.3) is 0 Å². The average Bonchev–Trinajstić information content (AvgIpc) is 3.18. The molecule has 1 aromatic heterocycles. The van der Waals surface area contributed by atoms with Crippen molar-refractivity contribution in [2.45, 2.75) is 46.1 Å². The van der Waals surface area contributed by atoms with Gasteiger partial charge in [-0.25, -0.2) is 0 Å². The van der Waals surface area contributed by atoms with Crippen molar-refractivity contribution >= 4 is 21.9 Å². The fraction of sp³-hybridized carbons (Fsp3) is 0.280. The minimum absolute atomic E-state index is 0.0354. The van der Waals surface area contributed by atoms with Gasteiger partial charge >= 0.3 is 0 Å². The van der Waals surface area contributed by atoms with E-state index in [9.17, 15) is 0 Å². The normalized spacial score (nSPS) is 22.7. The number of para-hydroxylation sites is 1. The first kappa shape index (κ1) is 7.23. The summed E-state index contributed by atoms with van der Waals surface area (Å²) in [5.74, 6) is -6.55. The van der Waals surface area contributed by atoms with Crippen LogP contribution in [0.25, 0.3) is 33.1 Å². The fourth-order valence-electron chi connectivity index (χ4n) is 3.31. The van der Waals surface area contributed by atoms with E-state index in [-0.39, 0.29) is 11.1 Å². The van der Waals surface area contributed by atoms with Crippen molar-refractivity contribution in [3.05, 3.63) is 71.3 Å². The molecular weight excluding hydrogens is 316 g/mol. The molecule has 0 aliphatic heterocycles. The number of hydrogen-bond donors (Lipinski definition) is 0. The van der Waals surface area contributed by atoms with Crippen LogP contribution in [0.2, 0.25) is 0 Å². The molecule has 1 heterocycles. The van der Waals surface area contributed by atoms with Crippen LogP contribution in [0.3, 0.4) is 0 Å². The summed E-state index contributed by atoms with van der Waals surface area (Å²) < 4.78 is 119. The van der Waals surface area contributed by atoms with E-state index >= 15 is 0 Å². The summed E-state index contributed by atoms with van der Waals surface area (Å²) in [6.07, 6.45) is 0. The fourth-order valence-corrected chi connectivity index (χ4v) is 3.31. The Morgan fingerprint density at radius 2 is 1.42 bits per heavy atom. The molecule has 0 unspecified atom stereocenters. The molecule has 26 heavy (non-hydrogen) atoms. The van der Waals surface area contributed by atoms with Gasteiger partial charge in [0.05, 0.1) is 0 Å². The predicted molar refractivity (Wildman–Crippen MR) is 112 cm³/mol. The smallest absolute Gasteiger partial charge is 0.136 e. The zero-order valence-corrected chi connectivity index (χ0v) is 14.1. The third-order valence-electron chi connectivity index (χ3n) is 4.66. The highest BCUT2D eigenvalue weighted by atomic mass is 16.3. The molecule has 0 bridgehead atoms. The summed E-state index contributed by atoms with van der Waals surface area (Å²) in [6, 6.07) is 14.4. The lowest BCUT2D eigenvalue weighted by atomic mass is 9.86. The molecule has 0 aliphatic carbocycles. The van der Waals surface area contributed by atoms with E-state index in [0.717, 1.165) is 29.8 Å². The lowest BCUT2D eigenvalue weighted by molar-refractivity contribution is 0.669. The van der Waals surface area contributed by atoms with E-state index in [4.69, 9.17) is 23.6 Å². The lowest BCUT2D eigenvalue weighted by Gasteiger charge is -2.19. The molecular formula is C25H26O. The molecule has 3 aromatic carbocycles. The average molecular weight is 357 g/mol. The summed E-state index contributed by atoms with van der Waals surface area (Å²) >= 11 is 0. The van der Waals surface area contributed by atoms with Gasteiger partial charge in [-0.1, -0.05) is 63.8 Å². The highest BCUT2D eigenvalue weighted by Gasteiger charge is 2.14. The SMILES string of the molecule is [2H]C([2H])([2H])C([2H])(c1cc(-c2ccc3c(c2)oc2ccccc23)cc(C([2H])(C([2H])([2H])[2H])C([2H])([2H])[2H])c1C)C([2H])([2H])[2H]. The van der Waals surface area contributed by atoms with E-state index in [1.807, 2.05) is 12.1 Å². The summed E-state index contributed by atoms with van der Waals surface area (Å²) in [4.78, 5) is 0. The van der Waals surface area contributed by atoms with Crippen LogP contribution < -0.4 is 0 Å². The molecule has 4 aromatic rings. The van der Waals surface area contributed by atoms with Gasteiger partial charge in [-0.2, -0.15) is 0 Å². The van der Waals surface area contributed by atoms with Crippen molar-refractivity contribution in [2.75, 3.05) is 0 Å². The molecule has 1 nitrogen and oxygen atoms in total. The first-order valence-electron chi connectivity index (χ1n) is 15.1. The van der Waals surface area contributed by atoms with E-state index in [1.165, 1.54) is 0 Å². The maximum Gasteiger partial charge on any atom is 0.136 e. The molecule has 4 rings (SSSR count). The minimum Gasteiger partial charge on any atom is -0.456 e. The summed E-state index contributed by atoms with van der Waals surface area (Å²) in [5, 5.41) is 1.56. The van der Waals surface area contributed by atoms with E-state index in [2.05, 4.69) is 0 Å². The van der Waals surface area contributed by atoms with Gasteiger partial charge in [-0.15, -0.1) is 0 Å². The monoisotopic (exact) mass is 356 g/mol. The van der Waals surface area contributed by atoms with Gasteiger partial charge in [-0.3, -0.25) is 0 Å². The topological polar surface area (TPSA) is 13.1 Å². The van der Waals surface area contributed by atoms with Crippen molar-refractivity contribution < 1.29 is 23.6 Å². The molecule has 0 N–H and O–H groups in total. The molecule has 132 valence electrons. The van der Waals surface area contributed by atoms with E-state index in [1.54, 1.807) is 30.3 Å². The maximum absolute atomic E-state index is 8.80. The molecule has 0 saturated heterocycles. The van der Waals surface area contributed by atoms with Crippen LogP contribution in [-0.2, 0) is 0 Å². The van der Waals surface area contributed by atoms with Crippen LogP contribution in [0.15, 0.2) is 59.0 Å². The predicted octanol–water partition coefficient (Wildman–Crippen LogP) is 7.81. The molecule has 0 saturated carbocycles. The maximum atomic E-state index is 8.80. The summed E-state index contributed by atoms with van der Waals surface area (Å²) in [7, 11) is 0. The van der Waals surface area contributed by atoms with Crippen molar-refractivity contribution in [3.63, 3.8) is 0 Å². The van der Waals surface area contributed by atoms with Crippen molar-refractivity contribution in [2.24, 2.45) is 0 Å². The Hall–Kier alpha value is -2.54. The van der Waals surface area contributed by atoms with Gasteiger partial charge in [-0.05, 0) is 64.7 Å². The van der Waals surface area contributed by atoms with E-state index in [0.29, 0.717) is 16.7 Å². The second-order valence-corrected chi connectivity index (χ2v) is 6.26. The zero-order chi connectivity index (χ0) is 30.3. The lowest BCUT2D eigenvalue weighted by Crippen LogP contribution is -2.00. The third kappa shape index (κ3) is 2.72. The van der Waals surface area contributed by atoms with Crippen LogP contribution in [0, 0.1) is 6.92 Å². The van der Waals surface area contributed by atoms with Gasteiger partial charge in [0, 0.05) is 30.0 Å². The molecule has 0 aliphatic rings. The Kier molecular flexibility index (Phi) is 1.76. The molecule has 0 fully saturated rings. The standard InChI is InChI=1S/C25H26O/c1-15(2)22-12-19(13-23(16(3)4)17(22)5)18-10-11-21-20-8-6-7-9-24(20)26-25(21)14-18/h6-16H,1-5H3/i1D3,2D3,3D3,4D3,15D,16D. The van der Waals surface area contributed by atoms with Crippen molar-refractivity contribution in [1.82, 2.24) is 0 Å². The summed E-state index contributed by atoms with van der Waals surface area (Å²) in [6.45, 7) is -12.6. The number of furan rings is 1. The Bertz CT molecular complexity index is 1500. The molecule has 1 heteroatoms. The molecule has 0 amide bonds. The summed E-state index contributed by atoms with van der Waals surface area (Å²) in [5.41, 5.74) is -0.262. The quantitative estimate of drug-likeness (QED) is 0.365. The van der Waals surface area contributed by atoms with Crippen LogP contribution in [0.4, 0.5) is 0 Å². The Labute approximate surface area is 175 Å². The second kappa shape index (κ2) is 6.32. The largest absolute Gasteiger partial charge is 0.456 e. The van der Waals surface area contributed by atoms with Crippen LogP contribution in [-0.4, -0.2) is 0 Å². The van der Waals surface area contributed by atoms with Crippen molar-refractivity contribution in [3.8, 4) is 11.1 Å². The second-order valence-electron chi connectivity index (χ2n) is 6.26. The third-order valence-corrected chi connectivity index (χ3v) is 4.66. The first-order valence-corrected chi connectivity index (χ1v) is 8.13. The van der Waals surface area contributed by atoms with Crippen LogP contribution >= 0.6 is 0 Å². The Balaban J connectivity index is 2.15. The van der Waals surface area contributed by atoms with Gasteiger partial charge in [0.15, 0.2) is 0 Å². The van der Waals surface area contributed by atoms with Gasteiger partial charge < -0.3 is 4.42 Å². The number of benzene rings is 3. The van der Waals surface area contributed by atoms with Crippen LogP contribution in [0.1, 0.15) is 75.1 Å². The van der Waals surface area contributed by atoms with Crippen LogP contribution in [0.5, 0.6) is 0 Å². The molecule has 0 spiro atoms. The van der Waals surface area contributed by atoms with Gasteiger partial charge in [0.2, 0.25) is 0 Å². The molecule has 0 radical (unpaired) electrons. The zero-order valence-electron chi connectivity index (χ0n) is 28.1.